The van der Waals surface area contributed by atoms with Gasteiger partial charge in [-0.25, -0.2) is 0 Å². The lowest BCUT2D eigenvalue weighted by molar-refractivity contribution is -0.128. The maximum Gasteiger partial charge on any atom is 0.248 e. The van der Waals surface area contributed by atoms with Crippen LogP contribution in [0.15, 0.2) is 18.2 Å². The van der Waals surface area contributed by atoms with Crippen LogP contribution in [-0.2, 0) is 11.3 Å². The van der Waals surface area contributed by atoms with Gasteiger partial charge < -0.3 is 16.8 Å². The maximum atomic E-state index is 11.6. The second kappa shape index (κ2) is 5.27. The second-order valence-electron chi connectivity index (χ2n) is 4.72. The Morgan fingerprint density at radius 1 is 1.53 bits per heavy atom. The zero-order chi connectivity index (χ0) is 14.0. The van der Waals surface area contributed by atoms with E-state index < -0.39 is 5.91 Å². The molecular weight excluding hydrogens is 244 g/mol. The van der Waals surface area contributed by atoms with Gasteiger partial charge in [-0.1, -0.05) is 6.07 Å². The molecule has 1 heterocycles. The minimum absolute atomic E-state index is 0.0265. The Morgan fingerprint density at radius 3 is 2.89 bits per heavy atom. The highest BCUT2D eigenvalue weighted by Gasteiger charge is 2.25. The first-order valence-corrected chi connectivity index (χ1v) is 6.19. The summed E-state index contributed by atoms with van der Waals surface area (Å²) in [7, 11) is 0. The van der Waals surface area contributed by atoms with Gasteiger partial charge in [0, 0.05) is 30.9 Å². The topological polar surface area (TPSA) is 101 Å². The van der Waals surface area contributed by atoms with Gasteiger partial charge >= 0.3 is 0 Å². The van der Waals surface area contributed by atoms with E-state index >= 15 is 0 Å². The third-order valence-electron chi connectivity index (χ3n) is 3.43. The number of rotatable bonds is 3. The Morgan fingerprint density at radius 2 is 2.26 bits per heavy atom. The van der Waals surface area contributed by atoms with Crippen molar-refractivity contribution in [2.24, 2.45) is 5.73 Å². The van der Waals surface area contributed by atoms with Crippen molar-refractivity contribution in [3.05, 3.63) is 29.3 Å². The highest BCUT2D eigenvalue weighted by molar-refractivity contribution is 5.93. The first-order valence-electron chi connectivity index (χ1n) is 6.19. The predicted octanol–water partition coefficient (Wildman–Crippen LogP) is -0.312. The number of anilines is 1. The molecule has 0 spiro atoms. The minimum Gasteiger partial charge on any atom is -0.398 e. The molecule has 5 N–H and O–H groups in total. The lowest BCUT2D eigenvalue weighted by Crippen LogP contribution is -2.53. The fraction of sp³-hybridized carbons (Fsp3) is 0.385. The van der Waals surface area contributed by atoms with Crippen LogP contribution in [0.5, 0.6) is 0 Å². The van der Waals surface area contributed by atoms with Crippen molar-refractivity contribution >= 4 is 17.5 Å². The summed E-state index contributed by atoms with van der Waals surface area (Å²) in [5.41, 5.74) is 12.9. The van der Waals surface area contributed by atoms with Crippen LogP contribution in [0.3, 0.4) is 0 Å². The van der Waals surface area contributed by atoms with Gasteiger partial charge in [-0.15, -0.1) is 0 Å². The molecule has 1 unspecified atom stereocenters. The molecule has 1 aliphatic heterocycles. The van der Waals surface area contributed by atoms with E-state index in [1.54, 1.807) is 18.2 Å². The Kier molecular flexibility index (Phi) is 3.71. The first kappa shape index (κ1) is 13.4. The number of primary amides is 1. The highest BCUT2D eigenvalue weighted by Crippen LogP contribution is 2.18. The lowest BCUT2D eigenvalue weighted by atomic mass is 10.1. The Hall–Kier alpha value is -2.08. The van der Waals surface area contributed by atoms with Crippen LogP contribution in [0.4, 0.5) is 5.69 Å². The number of nitrogens with one attached hydrogen (secondary N) is 1. The molecule has 2 amide bonds. The predicted molar refractivity (Wildman–Crippen MR) is 72.3 cm³/mol. The third kappa shape index (κ3) is 2.85. The third-order valence-corrected chi connectivity index (χ3v) is 3.43. The van der Waals surface area contributed by atoms with Gasteiger partial charge in [-0.05, 0) is 24.6 Å². The fourth-order valence-electron chi connectivity index (χ4n) is 2.16. The van der Waals surface area contributed by atoms with Crippen LogP contribution in [-0.4, -0.2) is 35.8 Å². The van der Waals surface area contributed by atoms with Gasteiger partial charge in [0.1, 0.15) is 0 Å². The zero-order valence-electron chi connectivity index (χ0n) is 10.8. The van der Waals surface area contributed by atoms with E-state index in [9.17, 15) is 9.59 Å². The van der Waals surface area contributed by atoms with Crippen LogP contribution >= 0.6 is 0 Å². The molecule has 0 bridgehead atoms. The number of benzene rings is 1. The van der Waals surface area contributed by atoms with Crippen LogP contribution in [0, 0.1) is 0 Å². The summed E-state index contributed by atoms with van der Waals surface area (Å²) in [6.07, 6.45) is 0. The van der Waals surface area contributed by atoms with Gasteiger partial charge in [0.2, 0.25) is 11.8 Å². The number of nitrogen functional groups attached to an aromatic ring is 1. The molecule has 6 nitrogen and oxygen atoms in total. The van der Waals surface area contributed by atoms with Crippen molar-refractivity contribution in [1.82, 2.24) is 10.2 Å². The van der Waals surface area contributed by atoms with Gasteiger partial charge in [0.05, 0.1) is 6.04 Å². The number of amides is 2. The summed E-state index contributed by atoms with van der Waals surface area (Å²) >= 11 is 0. The van der Waals surface area contributed by atoms with Crippen LogP contribution in [0.1, 0.15) is 22.8 Å². The van der Waals surface area contributed by atoms with Crippen molar-refractivity contribution in [3.8, 4) is 0 Å². The zero-order valence-corrected chi connectivity index (χ0v) is 10.8. The average Bonchev–Trinajstić information content (AvgIpc) is 2.37. The molecule has 1 aliphatic rings. The number of nitrogens with two attached hydrogens (primary N) is 2. The van der Waals surface area contributed by atoms with Crippen LogP contribution in [0.25, 0.3) is 0 Å². The van der Waals surface area contributed by atoms with Crippen molar-refractivity contribution in [2.45, 2.75) is 19.5 Å². The first-order chi connectivity index (χ1) is 8.99. The molecule has 0 saturated carbocycles. The molecule has 0 aromatic heterocycles. The quantitative estimate of drug-likeness (QED) is 0.650. The average molecular weight is 262 g/mol. The monoisotopic (exact) mass is 262 g/mol. The Labute approximate surface area is 111 Å². The number of nitrogens with zero attached hydrogens (tertiary/aromatic N) is 1. The van der Waals surface area contributed by atoms with Crippen LogP contribution in [0.2, 0.25) is 0 Å². The Balaban J connectivity index is 2.15. The molecule has 19 heavy (non-hydrogen) atoms. The maximum absolute atomic E-state index is 11.6. The van der Waals surface area contributed by atoms with Crippen molar-refractivity contribution < 1.29 is 9.59 Å². The van der Waals surface area contributed by atoms with E-state index in [1.807, 2.05) is 6.92 Å². The number of carbonyl (C=O) groups is 2. The Bertz CT molecular complexity index is 515. The molecule has 6 heteroatoms. The molecule has 1 saturated heterocycles. The fourth-order valence-corrected chi connectivity index (χ4v) is 2.16. The number of hydrogen-bond donors (Lipinski definition) is 3. The van der Waals surface area contributed by atoms with E-state index in [1.165, 1.54) is 0 Å². The minimum atomic E-state index is -0.496. The summed E-state index contributed by atoms with van der Waals surface area (Å²) in [5.74, 6) is -0.470. The SMILES string of the molecule is CC1C(=O)NCCN1Cc1ccc(C(N)=O)cc1N. The molecule has 1 aromatic carbocycles. The molecule has 1 fully saturated rings. The summed E-state index contributed by atoms with van der Waals surface area (Å²) in [6, 6.07) is 4.84. The molecular formula is C13H18N4O2. The highest BCUT2D eigenvalue weighted by atomic mass is 16.2. The van der Waals surface area contributed by atoms with E-state index in [4.69, 9.17) is 11.5 Å². The van der Waals surface area contributed by atoms with E-state index in [0.29, 0.717) is 24.3 Å². The summed E-state index contributed by atoms with van der Waals surface area (Å²) in [4.78, 5) is 24.7. The smallest absolute Gasteiger partial charge is 0.248 e. The van der Waals surface area contributed by atoms with E-state index in [-0.39, 0.29) is 11.9 Å². The number of hydrogen-bond acceptors (Lipinski definition) is 4. The standard InChI is InChI=1S/C13H18N4O2/c1-8-13(19)16-4-5-17(8)7-10-3-2-9(12(15)18)6-11(10)14/h2-3,6,8H,4-5,7,14H2,1H3,(H2,15,18)(H,16,19). The van der Waals surface area contributed by atoms with Crippen LogP contribution < -0.4 is 16.8 Å². The normalized spacial score (nSPS) is 20.1. The summed E-state index contributed by atoms with van der Waals surface area (Å²) in [5, 5.41) is 2.81. The summed E-state index contributed by atoms with van der Waals surface area (Å²) in [6.45, 7) is 3.87. The second-order valence-corrected chi connectivity index (χ2v) is 4.72. The molecule has 102 valence electrons. The van der Waals surface area contributed by atoms with Crippen molar-refractivity contribution in [3.63, 3.8) is 0 Å². The molecule has 0 radical (unpaired) electrons. The molecule has 1 atom stereocenters. The van der Waals surface area contributed by atoms with Gasteiger partial charge in [0.15, 0.2) is 0 Å². The molecule has 1 aromatic rings. The molecule has 2 rings (SSSR count). The van der Waals surface area contributed by atoms with Gasteiger partial charge in [-0.2, -0.15) is 0 Å². The van der Waals surface area contributed by atoms with Crippen molar-refractivity contribution in [2.75, 3.05) is 18.8 Å². The lowest BCUT2D eigenvalue weighted by Gasteiger charge is -2.33. The number of carbonyl (C=O) groups excluding carboxylic acids is 2. The summed E-state index contributed by atoms with van der Waals surface area (Å²) < 4.78 is 0. The molecule has 0 aliphatic carbocycles. The number of piperazine rings is 1. The van der Waals surface area contributed by atoms with Crippen molar-refractivity contribution in [1.29, 1.82) is 0 Å². The largest absolute Gasteiger partial charge is 0.398 e. The van der Waals surface area contributed by atoms with Gasteiger partial charge in [0.25, 0.3) is 0 Å². The van der Waals surface area contributed by atoms with Gasteiger partial charge in [-0.3, -0.25) is 14.5 Å². The van der Waals surface area contributed by atoms with E-state index in [2.05, 4.69) is 10.2 Å². The van der Waals surface area contributed by atoms with E-state index in [0.717, 1.165) is 12.1 Å².